The van der Waals surface area contributed by atoms with Crippen LogP contribution in [0.25, 0.3) is 0 Å². The molecule has 1 fully saturated rings. The van der Waals surface area contributed by atoms with Gasteiger partial charge in [0, 0.05) is 25.2 Å². The molecule has 0 aliphatic carbocycles. The molecule has 1 aliphatic heterocycles. The Bertz CT molecular complexity index is 182. The van der Waals surface area contributed by atoms with Gasteiger partial charge in [-0.3, -0.25) is 4.90 Å². The summed E-state index contributed by atoms with van der Waals surface area (Å²) in [5.41, 5.74) is 0. The average Bonchev–Trinajstić information content (AvgIpc) is 2.31. The van der Waals surface area contributed by atoms with Crippen LogP contribution < -0.4 is 5.32 Å². The van der Waals surface area contributed by atoms with Crippen molar-refractivity contribution in [3.05, 3.63) is 0 Å². The smallest absolute Gasteiger partial charge is 0.0221 e. The predicted octanol–water partition coefficient (Wildman–Crippen LogP) is 2.89. The number of piperazine rings is 1. The van der Waals surface area contributed by atoms with Crippen LogP contribution >= 0.6 is 0 Å². The van der Waals surface area contributed by atoms with Gasteiger partial charge in [-0.1, -0.05) is 40.0 Å². The van der Waals surface area contributed by atoms with Crippen molar-refractivity contribution in [3.8, 4) is 0 Å². The van der Waals surface area contributed by atoms with Gasteiger partial charge in [0.25, 0.3) is 0 Å². The summed E-state index contributed by atoms with van der Waals surface area (Å²) in [6.07, 6.45) is 5.36. The molecule has 1 N–H and O–H groups in total. The molecule has 16 heavy (non-hydrogen) atoms. The van der Waals surface area contributed by atoms with Crippen molar-refractivity contribution in [2.45, 2.75) is 65.5 Å². The monoisotopic (exact) mass is 226 g/mol. The third-order valence-electron chi connectivity index (χ3n) is 4.11. The summed E-state index contributed by atoms with van der Waals surface area (Å²) in [6.45, 7) is 13.0. The first-order valence-corrected chi connectivity index (χ1v) is 7.16. The van der Waals surface area contributed by atoms with E-state index in [-0.39, 0.29) is 0 Å². The summed E-state index contributed by atoms with van der Waals surface area (Å²) in [7, 11) is 0. The van der Waals surface area contributed by atoms with Crippen molar-refractivity contribution in [3.63, 3.8) is 0 Å². The van der Waals surface area contributed by atoms with E-state index >= 15 is 0 Å². The van der Waals surface area contributed by atoms with Gasteiger partial charge in [0.1, 0.15) is 0 Å². The van der Waals surface area contributed by atoms with Crippen LogP contribution in [0.1, 0.15) is 53.4 Å². The molecule has 1 saturated heterocycles. The van der Waals surface area contributed by atoms with Gasteiger partial charge in [-0.2, -0.15) is 0 Å². The molecule has 3 atom stereocenters. The fourth-order valence-corrected chi connectivity index (χ4v) is 2.49. The van der Waals surface area contributed by atoms with Gasteiger partial charge >= 0.3 is 0 Å². The number of unbranched alkanes of at least 4 members (excludes halogenated alkanes) is 2. The zero-order chi connectivity index (χ0) is 12.0. The van der Waals surface area contributed by atoms with Crippen LogP contribution in [0, 0.1) is 5.92 Å². The van der Waals surface area contributed by atoms with Gasteiger partial charge in [0.15, 0.2) is 0 Å². The first kappa shape index (κ1) is 14.0. The summed E-state index contributed by atoms with van der Waals surface area (Å²) in [5, 5.41) is 3.70. The summed E-state index contributed by atoms with van der Waals surface area (Å²) in [5.74, 6) is 0.807. The first-order valence-electron chi connectivity index (χ1n) is 7.16. The molecule has 0 bridgehead atoms. The highest BCUT2D eigenvalue weighted by atomic mass is 15.2. The number of nitrogens with zero attached hydrogens (tertiary/aromatic N) is 1. The highest BCUT2D eigenvalue weighted by molar-refractivity contribution is 4.86. The molecule has 3 unspecified atom stereocenters. The van der Waals surface area contributed by atoms with E-state index in [1.165, 1.54) is 45.3 Å². The molecule has 0 saturated carbocycles. The number of hydrogen-bond donors (Lipinski definition) is 1. The lowest BCUT2D eigenvalue weighted by Crippen LogP contribution is -2.57. The van der Waals surface area contributed by atoms with Crippen molar-refractivity contribution in [2.24, 2.45) is 5.92 Å². The molecule has 96 valence electrons. The maximum atomic E-state index is 3.70. The van der Waals surface area contributed by atoms with Crippen molar-refractivity contribution in [2.75, 3.05) is 19.6 Å². The Morgan fingerprint density at radius 1 is 1.31 bits per heavy atom. The number of rotatable bonds is 6. The molecule has 0 radical (unpaired) electrons. The zero-order valence-electron chi connectivity index (χ0n) is 11.6. The van der Waals surface area contributed by atoms with E-state index in [1.54, 1.807) is 0 Å². The van der Waals surface area contributed by atoms with E-state index in [1.807, 2.05) is 0 Å². The lowest BCUT2D eigenvalue weighted by molar-refractivity contribution is 0.117. The summed E-state index contributed by atoms with van der Waals surface area (Å²) >= 11 is 0. The minimum absolute atomic E-state index is 0.711. The number of hydrogen-bond acceptors (Lipinski definition) is 2. The van der Waals surface area contributed by atoms with Crippen molar-refractivity contribution in [1.82, 2.24) is 10.2 Å². The van der Waals surface area contributed by atoms with Crippen LogP contribution in [0.3, 0.4) is 0 Å². The van der Waals surface area contributed by atoms with E-state index < -0.39 is 0 Å². The first-order chi connectivity index (χ1) is 7.69. The molecule has 0 aromatic rings. The highest BCUT2D eigenvalue weighted by Crippen LogP contribution is 2.16. The van der Waals surface area contributed by atoms with Crippen molar-refractivity contribution in [1.29, 1.82) is 0 Å². The second kappa shape index (κ2) is 7.29. The van der Waals surface area contributed by atoms with Crippen LogP contribution in [0.15, 0.2) is 0 Å². The Balaban J connectivity index is 2.35. The highest BCUT2D eigenvalue weighted by Gasteiger charge is 2.26. The summed E-state index contributed by atoms with van der Waals surface area (Å²) in [6, 6.07) is 1.43. The number of nitrogens with one attached hydrogen (secondary N) is 1. The van der Waals surface area contributed by atoms with Gasteiger partial charge < -0.3 is 5.32 Å². The standard InChI is InChI=1S/C14H30N2/c1-5-7-8-9-16-11-14(12(3)6-2)15-10-13(16)4/h12-15H,5-11H2,1-4H3. The molecular weight excluding hydrogens is 196 g/mol. The molecular formula is C14H30N2. The Kier molecular flexibility index (Phi) is 6.37. The van der Waals surface area contributed by atoms with Crippen LogP contribution in [0.5, 0.6) is 0 Å². The van der Waals surface area contributed by atoms with Gasteiger partial charge in [0.05, 0.1) is 0 Å². The molecule has 1 heterocycles. The summed E-state index contributed by atoms with van der Waals surface area (Å²) < 4.78 is 0. The van der Waals surface area contributed by atoms with Gasteiger partial charge in [-0.15, -0.1) is 0 Å². The molecule has 2 nitrogen and oxygen atoms in total. The summed E-state index contributed by atoms with van der Waals surface area (Å²) in [4.78, 5) is 2.68. The average molecular weight is 226 g/mol. The Hall–Kier alpha value is -0.0800. The molecule has 0 spiro atoms. The zero-order valence-corrected chi connectivity index (χ0v) is 11.6. The molecule has 1 rings (SSSR count). The molecule has 0 aromatic heterocycles. The normalized spacial score (nSPS) is 29.2. The quantitative estimate of drug-likeness (QED) is 0.701. The Morgan fingerprint density at radius 2 is 2.06 bits per heavy atom. The van der Waals surface area contributed by atoms with Gasteiger partial charge in [-0.25, -0.2) is 0 Å². The van der Waals surface area contributed by atoms with Crippen molar-refractivity contribution < 1.29 is 0 Å². The minimum Gasteiger partial charge on any atom is -0.311 e. The minimum atomic E-state index is 0.711. The lowest BCUT2D eigenvalue weighted by Gasteiger charge is -2.41. The van der Waals surface area contributed by atoms with E-state index in [0.717, 1.165) is 12.0 Å². The molecule has 0 amide bonds. The third-order valence-corrected chi connectivity index (χ3v) is 4.11. The maximum absolute atomic E-state index is 3.70. The van der Waals surface area contributed by atoms with E-state index in [4.69, 9.17) is 0 Å². The van der Waals surface area contributed by atoms with Gasteiger partial charge in [-0.05, 0) is 25.8 Å². The largest absolute Gasteiger partial charge is 0.311 e. The SMILES string of the molecule is CCCCCN1CC(C(C)CC)NCC1C. The molecule has 0 aromatic carbocycles. The van der Waals surface area contributed by atoms with E-state index in [9.17, 15) is 0 Å². The van der Waals surface area contributed by atoms with E-state index in [2.05, 4.69) is 37.9 Å². The lowest BCUT2D eigenvalue weighted by atomic mass is 9.95. The third kappa shape index (κ3) is 4.06. The Labute approximate surface area is 102 Å². The fourth-order valence-electron chi connectivity index (χ4n) is 2.49. The van der Waals surface area contributed by atoms with Crippen molar-refractivity contribution >= 4 is 0 Å². The molecule has 1 aliphatic rings. The molecule has 2 heteroatoms. The van der Waals surface area contributed by atoms with E-state index in [0.29, 0.717) is 6.04 Å². The Morgan fingerprint density at radius 3 is 2.69 bits per heavy atom. The van der Waals surface area contributed by atoms with Crippen LogP contribution in [-0.2, 0) is 0 Å². The second-order valence-electron chi connectivity index (χ2n) is 5.45. The van der Waals surface area contributed by atoms with Crippen LogP contribution in [0.4, 0.5) is 0 Å². The van der Waals surface area contributed by atoms with Gasteiger partial charge in [0.2, 0.25) is 0 Å². The van der Waals surface area contributed by atoms with Crippen LogP contribution in [0.2, 0.25) is 0 Å². The second-order valence-corrected chi connectivity index (χ2v) is 5.45. The topological polar surface area (TPSA) is 15.3 Å². The van der Waals surface area contributed by atoms with Crippen LogP contribution in [-0.4, -0.2) is 36.6 Å². The maximum Gasteiger partial charge on any atom is 0.0221 e. The fraction of sp³-hybridized carbons (Fsp3) is 1.00. The predicted molar refractivity (Wildman–Crippen MR) is 71.8 cm³/mol.